The molecule has 2 heterocycles. The number of rotatable bonds is 5. The van der Waals surface area contributed by atoms with Crippen molar-refractivity contribution >= 4 is 27.3 Å². The zero-order chi connectivity index (χ0) is 14.8. The molecule has 0 aromatic carbocycles. The van der Waals surface area contributed by atoms with E-state index < -0.39 is 16.1 Å². The summed E-state index contributed by atoms with van der Waals surface area (Å²) in [5.74, 6) is -0.208. The molecule has 0 bridgehead atoms. The number of nitrogens with one attached hydrogen (secondary N) is 1. The summed E-state index contributed by atoms with van der Waals surface area (Å²) >= 11 is 1.58. The average Bonchev–Trinajstić information content (AvgIpc) is 2.96. The zero-order valence-corrected chi connectivity index (χ0v) is 13.3. The van der Waals surface area contributed by atoms with Gasteiger partial charge in [-0.1, -0.05) is 0 Å². The van der Waals surface area contributed by atoms with E-state index in [-0.39, 0.29) is 5.91 Å². The fraction of sp³-hybridized carbons (Fsp3) is 0.667. The first kappa shape index (κ1) is 15.4. The molecule has 2 rings (SSSR count). The third kappa shape index (κ3) is 3.77. The molecule has 1 N–H and O–H groups in total. The largest absolute Gasteiger partial charge is 0.354 e. The fourth-order valence-corrected chi connectivity index (χ4v) is 4.13. The standard InChI is InChI=1S/C12H19N3O3S2/c1-9-14-10(8-19-9)5-6-13-12(16)11-4-3-7-15(11)20(2,17)18/h8,11H,3-7H2,1-2H3,(H,13,16)/t11-/m1/s1. The van der Waals surface area contributed by atoms with Crippen LogP contribution in [0.4, 0.5) is 0 Å². The molecule has 6 nitrogen and oxygen atoms in total. The molecule has 0 spiro atoms. The number of aromatic nitrogens is 1. The lowest BCUT2D eigenvalue weighted by Crippen LogP contribution is -2.45. The lowest BCUT2D eigenvalue weighted by Gasteiger charge is -2.21. The maximum absolute atomic E-state index is 12.1. The van der Waals surface area contributed by atoms with Crippen molar-refractivity contribution in [3.05, 3.63) is 16.1 Å². The van der Waals surface area contributed by atoms with Gasteiger partial charge in [0.25, 0.3) is 0 Å². The van der Waals surface area contributed by atoms with Crippen molar-refractivity contribution in [3.8, 4) is 0 Å². The average molecular weight is 317 g/mol. The topological polar surface area (TPSA) is 79.4 Å². The minimum Gasteiger partial charge on any atom is -0.354 e. The van der Waals surface area contributed by atoms with Crippen LogP contribution in [-0.4, -0.2) is 49.0 Å². The van der Waals surface area contributed by atoms with Gasteiger partial charge in [0, 0.05) is 24.9 Å². The molecule has 20 heavy (non-hydrogen) atoms. The second-order valence-electron chi connectivity index (χ2n) is 4.93. The van der Waals surface area contributed by atoms with Crippen molar-refractivity contribution in [1.29, 1.82) is 0 Å². The van der Waals surface area contributed by atoms with E-state index in [0.717, 1.165) is 23.4 Å². The first-order valence-corrected chi connectivity index (χ1v) is 9.26. The second kappa shape index (κ2) is 6.19. The summed E-state index contributed by atoms with van der Waals surface area (Å²) in [5.41, 5.74) is 0.958. The predicted molar refractivity (Wildman–Crippen MR) is 78.1 cm³/mol. The fourth-order valence-electron chi connectivity index (χ4n) is 2.35. The molecule has 0 saturated carbocycles. The van der Waals surface area contributed by atoms with E-state index in [2.05, 4.69) is 10.3 Å². The van der Waals surface area contributed by atoms with Gasteiger partial charge >= 0.3 is 0 Å². The van der Waals surface area contributed by atoms with Crippen molar-refractivity contribution in [3.63, 3.8) is 0 Å². The highest BCUT2D eigenvalue weighted by molar-refractivity contribution is 7.88. The van der Waals surface area contributed by atoms with Crippen molar-refractivity contribution in [2.24, 2.45) is 0 Å². The Morgan fingerprint density at radius 2 is 2.35 bits per heavy atom. The summed E-state index contributed by atoms with van der Waals surface area (Å²) in [7, 11) is -3.31. The van der Waals surface area contributed by atoms with E-state index in [0.29, 0.717) is 25.9 Å². The van der Waals surface area contributed by atoms with Gasteiger partial charge in [0.1, 0.15) is 6.04 Å². The summed E-state index contributed by atoms with van der Waals surface area (Å²) < 4.78 is 24.5. The molecular weight excluding hydrogens is 298 g/mol. The van der Waals surface area contributed by atoms with Crippen LogP contribution in [0.5, 0.6) is 0 Å². The van der Waals surface area contributed by atoms with Crippen LogP contribution in [0.25, 0.3) is 0 Å². The minimum atomic E-state index is -3.31. The monoisotopic (exact) mass is 317 g/mol. The van der Waals surface area contributed by atoms with Gasteiger partial charge in [-0.25, -0.2) is 13.4 Å². The van der Waals surface area contributed by atoms with E-state index in [1.807, 2.05) is 12.3 Å². The molecule has 1 amide bonds. The minimum absolute atomic E-state index is 0.208. The van der Waals surface area contributed by atoms with Crippen LogP contribution in [0.1, 0.15) is 23.5 Å². The molecule has 1 aromatic rings. The van der Waals surface area contributed by atoms with Crippen molar-refractivity contribution in [2.75, 3.05) is 19.3 Å². The van der Waals surface area contributed by atoms with Gasteiger partial charge in [0.05, 0.1) is 17.0 Å². The summed E-state index contributed by atoms with van der Waals surface area (Å²) in [5, 5.41) is 5.78. The Bertz CT molecular complexity index is 583. The number of hydrogen-bond donors (Lipinski definition) is 1. The van der Waals surface area contributed by atoms with Gasteiger partial charge < -0.3 is 5.32 Å². The molecule has 1 aliphatic rings. The molecule has 8 heteroatoms. The Labute approximate surface area is 123 Å². The molecule has 0 unspecified atom stereocenters. The lowest BCUT2D eigenvalue weighted by molar-refractivity contribution is -0.124. The van der Waals surface area contributed by atoms with E-state index in [1.54, 1.807) is 11.3 Å². The summed E-state index contributed by atoms with van der Waals surface area (Å²) in [6.07, 6.45) is 3.14. The van der Waals surface area contributed by atoms with E-state index in [1.165, 1.54) is 4.31 Å². The summed E-state index contributed by atoms with van der Waals surface area (Å²) in [4.78, 5) is 16.4. The van der Waals surface area contributed by atoms with Crippen LogP contribution < -0.4 is 5.32 Å². The highest BCUT2D eigenvalue weighted by Gasteiger charge is 2.36. The lowest BCUT2D eigenvalue weighted by atomic mass is 10.2. The highest BCUT2D eigenvalue weighted by atomic mass is 32.2. The number of sulfonamides is 1. The Kier molecular flexibility index (Phi) is 4.77. The third-order valence-corrected chi connectivity index (χ3v) is 5.39. The SMILES string of the molecule is Cc1nc(CCNC(=O)[C@H]2CCCN2S(C)(=O)=O)cs1. The normalized spacial score (nSPS) is 20.2. The third-order valence-electron chi connectivity index (χ3n) is 3.28. The van der Waals surface area contributed by atoms with E-state index in [9.17, 15) is 13.2 Å². The second-order valence-corrected chi connectivity index (χ2v) is 7.93. The number of nitrogens with zero attached hydrogens (tertiary/aromatic N) is 2. The first-order chi connectivity index (χ1) is 9.38. The Balaban J connectivity index is 1.85. The summed E-state index contributed by atoms with van der Waals surface area (Å²) in [6, 6.07) is -0.554. The molecule has 0 aliphatic carbocycles. The van der Waals surface area contributed by atoms with Crippen molar-refractivity contribution in [2.45, 2.75) is 32.2 Å². The highest BCUT2D eigenvalue weighted by Crippen LogP contribution is 2.20. The Morgan fingerprint density at radius 1 is 1.60 bits per heavy atom. The van der Waals surface area contributed by atoms with Crippen LogP contribution in [0.15, 0.2) is 5.38 Å². The Morgan fingerprint density at radius 3 is 2.95 bits per heavy atom. The number of aryl methyl sites for hydroxylation is 1. The van der Waals surface area contributed by atoms with Crippen LogP contribution >= 0.6 is 11.3 Å². The molecule has 1 fully saturated rings. The number of carbonyl (C=O) groups is 1. The number of thiazole rings is 1. The van der Waals surface area contributed by atoms with E-state index >= 15 is 0 Å². The first-order valence-electron chi connectivity index (χ1n) is 6.53. The molecule has 0 radical (unpaired) electrons. The number of amides is 1. The molecule has 1 saturated heterocycles. The van der Waals surface area contributed by atoms with Crippen LogP contribution in [0.2, 0.25) is 0 Å². The Hall–Kier alpha value is -0.990. The van der Waals surface area contributed by atoms with Gasteiger partial charge in [-0.05, 0) is 19.8 Å². The molecular formula is C12H19N3O3S2. The number of carbonyl (C=O) groups excluding carboxylic acids is 1. The van der Waals surface area contributed by atoms with Gasteiger partial charge in [-0.3, -0.25) is 4.79 Å². The maximum atomic E-state index is 12.1. The quantitative estimate of drug-likeness (QED) is 0.859. The maximum Gasteiger partial charge on any atom is 0.238 e. The molecule has 112 valence electrons. The predicted octanol–water partition coefficient (Wildman–Crippen LogP) is 0.534. The van der Waals surface area contributed by atoms with Crippen molar-refractivity contribution < 1.29 is 13.2 Å². The summed E-state index contributed by atoms with van der Waals surface area (Å²) in [6.45, 7) is 2.85. The van der Waals surface area contributed by atoms with Crippen LogP contribution in [0.3, 0.4) is 0 Å². The van der Waals surface area contributed by atoms with Crippen molar-refractivity contribution in [1.82, 2.24) is 14.6 Å². The van der Waals surface area contributed by atoms with Gasteiger partial charge in [0.15, 0.2) is 0 Å². The molecule has 1 aliphatic heterocycles. The molecule has 1 atom stereocenters. The zero-order valence-electron chi connectivity index (χ0n) is 11.6. The number of hydrogen-bond acceptors (Lipinski definition) is 5. The van der Waals surface area contributed by atoms with E-state index in [4.69, 9.17) is 0 Å². The van der Waals surface area contributed by atoms with Crippen LogP contribution in [0, 0.1) is 6.92 Å². The van der Waals surface area contributed by atoms with Gasteiger partial charge in [-0.15, -0.1) is 11.3 Å². The smallest absolute Gasteiger partial charge is 0.238 e. The molecule has 1 aromatic heterocycles. The van der Waals surface area contributed by atoms with Gasteiger partial charge in [0.2, 0.25) is 15.9 Å². The van der Waals surface area contributed by atoms with Crippen LogP contribution in [-0.2, 0) is 21.2 Å². The van der Waals surface area contributed by atoms with Gasteiger partial charge in [-0.2, -0.15) is 4.31 Å².